The van der Waals surface area contributed by atoms with Crippen LogP contribution in [-0.4, -0.2) is 74.9 Å². The summed E-state index contributed by atoms with van der Waals surface area (Å²) < 4.78 is 12.9. The van der Waals surface area contributed by atoms with Gasteiger partial charge in [-0.1, -0.05) is 18.3 Å². The zero-order chi connectivity index (χ0) is 24.5. The van der Waals surface area contributed by atoms with Crippen LogP contribution in [0, 0.1) is 0 Å². The number of aryl methyl sites for hydroxylation is 1. The third kappa shape index (κ3) is 4.51. The van der Waals surface area contributed by atoms with Crippen LogP contribution in [-0.2, 0) is 13.0 Å². The van der Waals surface area contributed by atoms with Gasteiger partial charge in [-0.2, -0.15) is 4.98 Å². The lowest BCUT2D eigenvalue weighted by Gasteiger charge is -2.36. The Morgan fingerprint density at radius 1 is 1.14 bits per heavy atom. The van der Waals surface area contributed by atoms with Crippen LogP contribution in [0.2, 0.25) is 0 Å². The number of piperazine rings is 1. The molecule has 2 aliphatic rings. The predicted octanol–water partition coefficient (Wildman–Crippen LogP) is 1.97. The number of hydrogen-bond donors (Lipinski definition) is 1. The monoisotopic (exact) mass is 495 g/mol. The van der Waals surface area contributed by atoms with E-state index in [0.29, 0.717) is 50.9 Å². The summed E-state index contributed by atoms with van der Waals surface area (Å²) in [5, 5.41) is 9.53. The Balaban J connectivity index is 1.28. The lowest BCUT2D eigenvalue weighted by molar-refractivity contribution is 0.0695. The summed E-state index contributed by atoms with van der Waals surface area (Å²) in [5.74, 6) is 0.782. The maximum absolute atomic E-state index is 12.5. The summed E-state index contributed by atoms with van der Waals surface area (Å²) in [6.07, 6.45) is 3.42. The van der Waals surface area contributed by atoms with Crippen molar-refractivity contribution < 1.29 is 19.4 Å². The molecule has 0 bridgehead atoms. The molecule has 2 aromatic heterocycles. The number of pyridine rings is 1. The molecule has 2 aliphatic heterocycles. The first-order chi connectivity index (χ1) is 16.9. The SMILES string of the molecule is CCn1cc(C(=O)O)c(=O)c2cnc(N3CCN(C(=S)Cc4ccc5c(c4)OCCO5)CC3)nc21. The Bertz CT molecular complexity index is 1370. The quantitative estimate of drug-likeness (QED) is 0.528. The molecule has 1 aromatic carbocycles. The van der Waals surface area contributed by atoms with Crippen LogP contribution in [0.25, 0.3) is 11.0 Å². The van der Waals surface area contributed by atoms with Crippen molar-refractivity contribution in [2.24, 2.45) is 0 Å². The van der Waals surface area contributed by atoms with Crippen LogP contribution < -0.4 is 19.8 Å². The highest BCUT2D eigenvalue weighted by atomic mass is 32.1. The second-order valence-corrected chi connectivity index (χ2v) is 8.86. The van der Waals surface area contributed by atoms with Gasteiger partial charge < -0.3 is 28.9 Å². The van der Waals surface area contributed by atoms with Crippen LogP contribution >= 0.6 is 12.2 Å². The van der Waals surface area contributed by atoms with Crippen molar-refractivity contribution in [1.29, 1.82) is 0 Å². The molecular formula is C24H25N5O5S. The van der Waals surface area contributed by atoms with E-state index >= 15 is 0 Å². The molecule has 4 heterocycles. The Kier molecular flexibility index (Phi) is 6.25. The number of carboxylic acid groups (broad SMARTS) is 1. The van der Waals surface area contributed by atoms with E-state index in [9.17, 15) is 14.7 Å². The van der Waals surface area contributed by atoms with Crippen molar-refractivity contribution in [2.45, 2.75) is 19.9 Å². The number of benzene rings is 1. The van der Waals surface area contributed by atoms with E-state index in [1.807, 2.05) is 25.1 Å². The summed E-state index contributed by atoms with van der Waals surface area (Å²) in [6.45, 7) is 6.28. The number of fused-ring (bicyclic) bond motifs is 2. The molecular weight excluding hydrogens is 470 g/mol. The van der Waals surface area contributed by atoms with Crippen molar-refractivity contribution in [2.75, 3.05) is 44.3 Å². The van der Waals surface area contributed by atoms with Gasteiger partial charge in [-0.05, 0) is 24.6 Å². The second kappa shape index (κ2) is 9.49. The highest BCUT2D eigenvalue weighted by Crippen LogP contribution is 2.31. The molecule has 5 rings (SSSR count). The number of carboxylic acids is 1. The summed E-state index contributed by atoms with van der Waals surface area (Å²) in [6, 6.07) is 5.93. The number of ether oxygens (including phenoxy) is 2. The van der Waals surface area contributed by atoms with Crippen molar-refractivity contribution in [1.82, 2.24) is 19.4 Å². The van der Waals surface area contributed by atoms with Crippen molar-refractivity contribution in [3.63, 3.8) is 0 Å². The molecule has 0 saturated carbocycles. The summed E-state index contributed by atoms with van der Waals surface area (Å²) in [4.78, 5) is 38.1. The maximum atomic E-state index is 12.5. The Labute approximate surface area is 206 Å². The van der Waals surface area contributed by atoms with Gasteiger partial charge in [0.25, 0.3) is 0 Å². The fraction of sp³-hybridized carbons (Fsp3) is 0.375. The minimum absolute atomic E-state index is 0.203. The highest BCUT2D eigenvalue weighted by Gasteiger charge is 2.23. The highest BCUT2D eigenvalue weighted by molar-refractivity contribution is 7.80. The zero-order valence-electron chi connectivity index (χ0n) is 19.3. The molecule has 0 amide bonds. The molecule has 0 radical (unpaired) electrons. The molecule has 182 valence electrons. The molecule has 1 fully saturated rings. The van der Waals surface area contributed by atoms with Gasteiger partial charge in [0.05, 0.1) is 10.4 Å². The number of anilines is 1. The van der Waals surface area contributed by atoms with E-state index in [4.69, 9.17) is 21.7 Å². The number of thiocarbonyl (C=S) groups is 1. The molecule has 0 aliphatic carbocycles. The van der Waals surface area contributed by atoms with E-state index in [0.717, 1.165) is 35.1 Å². The summed E-state index contributed by atoms with van der Waals surface area (Å²) >= 11 is 5.73. The fourth-order valence-electron chi connectivity index (χ4n) is 4.35. The van der Waals surface area contributed by atoms with Crippen LogP contribution in [0.3, 0.4) is 0 Å². The Morgan fingerprint density at radius 3 is 2.60 bits per heavy atom. The van der Waals surface area contributed by atoms with Gasteiger partial charge in [0.2, 0.25) is 11.4 Å². The largest absolute Gasteiger partial charge is 0.486 e. The average molecular weight is 496 g/mol. The standard InChI is InChI=1S/C24H25N5O5S/c1-2-27-14-17(23(31)32)21(30)16-13-25-24(26-22(16)27)29-7-5-28(6-8-29)20(35)12-15-3-4-18-19(11-15)34-10-9-33-18/h3-4,11,13-14H,2,5-10,12H2,1H3,(H,31,32). The first-order valence-corrected chi connectivity index (χ1v) is 11.9. The number of aromatic nitrogens is 3. The smallest absolute Gasteiger partial charge is 0.341 e. The molecule has 0 atom stereocenters. The number of hydrogen-bond acceptors (Lipinski definition) is 8. The lowest BCUT2D eigenvalue weighted by atomic mass is 10.1. The molecule has 0 spiro atoms. The van der Waals surface area contributed by atoms with Gasteiger partial charge in [-0.25, -0.2) is 9.78 Å². The predicted molar refractivity (Wildman–Crippen MR) is 134 cm³/mol. The molecule has 3 aromatic rings. The van der Waals surface area contributed by atoms with E-state index in [1.54, 1.807) is 4.57 Å². The van der Waals surface area contributed by atoms with Gasteiger partial charge in [0, 0.05) is 51.5 Å². The molecule has 0 unspecified atom stereocenters. The number of carbonyl (C=O) groups is 1. The normalized spacial score (nSPS) is 15.3. The number of aromatic carboxylic acids is 1. The third-order valence-corrected chi connectivity index (χ3v) is 6.65. The Hall–Kier alpha value is -3.73. The lowest BCUT2D eigenvalue weighted by Crippen LogP contribution is -2.49. The van der Waals surface area contributed by atoms with Gasteiger partial charge >= 0.3 is 5.97 Å². The van der Waals surface area contributed by atoms with Gasteiger partial charge in [-0.3, -0.25) is 4.79 Å². The van der Waals surface area contributed by atoms with E-state index < -0.39 is 11.4 Å². The topological polar surface area (TPSA) is 110 Å². The minimum atomic E-state index is -1.26. The third-order valence-electron chi connectivity index (χ3n) is 6.25. The maximum Gasteiger partial charge on any atom is 0.341 e. The summed E-state index contributed by atoms with van der Waals surface area (Å²) in [7, 11) is 0. The first kappa shape index (κ1) is 23.0. The number of nitrogens with zero attached hydrogens (tertiary/aromatic N) is 5. The summed E-state index contributed by atoms with van der Waals surface area (Å²) in [5.41, 5.74) is 0.663. The second-order valence-electron chi connectivity index (χ2n) is 8.39. The van der Waals surface area contributed by atoms with Gasteiger partial charge in [0.15, 0.2) is 11.5 Å². The van der Waals surface area contributed by atoms with Gasteiger partial charge in [-0.15, -0.1) is 0 Å². The average Bonchev–Trinajstić information content (AvgIpc) is 2.88. The van der Waals surface area contributed by atoms with Crippen LogP contribution in [0.5, 0.6) is 11.5 Å². The number of rotatable bonds is 5. The molecule has 1 saturated heterocycles. The van der Waals surface area contributed by atoms with Gasteiger partial charge in [0.1, 0.15) is 24.4 Å². The molecule has 35 heavy (non-hydrogen) atoms. The van der Waals surface area contributed by atoms with Crippen LogP contribution in [0.1, 0.15) is 22.8 Å². The van der Waals surface area contributed by atoms with Crippen LogP contribution in [0.4, 0.5) is 5.95 Å². The minimum Gasteiger partial charge on any atom is -0.486 e. The van der Waals surface area contributed by atoms with E-state index in [2.05, 4.69) is 19.8 Å². The van der Waals surface area contributed by atoms with Crippen molar-refractivity contribution in [3.05, 3.63) is 51.9 Å². The zero-order valence-corrected chi connectivity index (χ0v) is 20.1. The van der Waals surface area contributed by atoms with Crippen molar-refractivity contribution in [3.8, 4) is 11.5 Å². The molecule has 10 nitrogen and oxygen atoms in total. The Morgan fingerprint density at radius 2 is 1.89 bits per heavy atom. The first-order valence-electron chi connectivity index (χ1n) is 11.5. The van der Waals surface area contributed by atoms with Crippen molar-refractivity contribution >= 4 is 40.2 Å². The molecule has 11 heteroatoms. The van der Waals surface area contributed by atoms with E-state index in [-0.39, 0.29) is 10.9 Å². The molecule has 1 N–H and O–H groups in total. The fourth-order valence-corrected chi connectivity index (χ4v) is 4.70. The van der Waals surface area contributed by atoms with Crippen LogP contribution in [0.15, 0.2) is 35.4 Å². The van der Waals surface area contributed by atoms with E-state index in [1.165, 1.54) is 12.4 Å².